The van der Waals surface area contributed by atoms with Gasteiger partial charge in [0.25, 0.3) is 0 Å². The second kappa shape index (κ2) is 4.15. The van der Waals surface area contributed by atoms with E-state index in [9.17, 15) is 5.11 Å². The molecule has 0 radical (unpaired) electrons. The zero-order chi connectivity index (χ0) is 12.9. The highest BCUT2D eigenvalue weighted by Gasteiger charge is 2.49. The Hall–Kier alpha value is -1.19. The van der Waals surface area contributed by atoms with Crippen molar-refractivity contribution < 1.29 is 5.11 Å². The first-order valence-corrected chi connectivity index (χ1v) is 7.85. The molecule has 1 aromatic heterocycles. The first-order chi connectivity index (χ1) is 9.29. The van der Waals surface area contributed by atoms with Crippen LogP contribution in [0.15, 0.2) is 30.3 Å². The van der Waals surface area contributed by atoms with E-state index in [1.807, 2.05) is 11.3 Å². The summed E-state index contributed by atoms with van der Waals surface area (Å²) in [6, 6.07) is 10.7. The van der Waals surface area contributed by atoms with Crippen LogP contribution >= 0.6 is 11.3 Å². The van der Waals surface area contributed by atoms with Crippen molar-refractivity contribution in [2.75, 3.05) is 0 Å². The van der Waals surface area contributed by atoms with Crippen molar-refractivity contribution in [1.29, 1.82) is 0 Å². The average Bonchev–Trinajstić information content (AvgIpc) is 3.14. The maximum absolute atomic E-state index is 10.1. The molecule has 0 aliphatic heterocycles. The van der Waals surface area contributed by atoms with Crippen molar-refractivity contribution in [2.45, 2.75) is 43.6 Å². The molecule has 2 nitrogen and oxygen atoms in total. The first kappa shape index (κ1) is 11.6. The van der Waals surface area contributed by atoms with E-state index in [1.54, 1.807) is 0 Å². The molecule has 1 N–H and O–H groups in total. The maximum Gasteiger partial charge on any atom is 0.104 e. The number of aryl methyl sites for hydroxylation is 1. The summed E-state index contributed by atoms with van der Waals surface area (Å²) in [4.78, 5) is 6.13. The normalized spacial score (nSPS) is 23.9. The summed E-state index contributed by atoms with van der Waals surface area (Å²) in [6.07, 6.45) is 5.11. The minimum Gasteiger partial charge on any atom is -0.387 e. The average molecular weight is 271 g/mol. The van der Waals surface area contributed by atoms with E-state index in [-0.39, 0.29) is 11.5 Å². The molecule has 0 amide bonds. The van der Waals surface area contributed by atoms with Gasteiger partial charge in [0.05, 0.1) is 11.8 Å². The molecule has 1 fully saturated rings. The van der Waals surface area contributed by atoms with Crippen LogP contribution in [0.25, 0.3) is 0 Å². The third kappa shape index (κ3) is 1.76. The molecule has 2 aliphatic carbocycles. The number of hydrogen-bond donors (Lipinski definition) is 1. The quantitative estimate of drug-likeness (QED) is 0.905. The van der Waals surface area contributed by atoms with Crippen LogP contribution in [0.5, 0.6) is 0 Å². The summed E-state index contributed by atoms with van der Waals surface area (Å²) >= 11 is 1.83. The lowest BCUT2D eigenvalue weighted by Crippen LogP contribution is -2.10. The zero-order valence-electron chi connectivity index (χ0n) is 10.8. The summed E-state index contributed by atoms with van der Waals surface area (Å²) in [7, 11) is 0. The SMILES string of the molecule is OC1CCCc2sc(C3(c4ccccc4)CC3)nc21. The largest absolute Gasteiger partial charge is 0.387 e. The van der Waals surface area contributed by atoms with Crippen LogP contribution in [0.2, 0.25) is 0 Å². The Labute approximate surface area is 117 Å². The molecule has 19 heavy (non-hydrogen) atoms. The number of aromatic nitrogens is 1. The number of fused-ring (bicyclic) bond motifs is 1. The minimum absolute atomic E-state index is 0.156. The molecule has 0 bridgehead atoms. The monoisotopic (exact) mass is 271 g/mol. The predicted molar refractivity (Wildman–Crippen MR) is 76.5 cm³/mol. The summed E-state index contributed by atoms with van der Waals surface area (Å²) in [5, 5.41) is 11.3. The lowest BCUT2D eigenvalue weighted by molar-refractivity contribution is 0.152. The zero-order valence-corrected chi connectivity index (χ0v) is 11.6. The van der Waals surface area contributed by atoms with Crippen LogP contribution in [-0.4, -0.2) is 10.1 Å². The summed E-state index contributed by atoms with van der Waals surface area (Å²) in [5.41, 5.74) is 2.51. The van der Waals surface area contributed by atoms with Crippen LogP contribution in [0.1, 0.15) is 52.9 Å². The Morgan fingerprint density at radius 2 is 2.00 bits per heavy atom. The Balaban J connectivity index is 1.77. The Morgan fingerprint density at radius 3 is 2.68 bits per heavy atom. The number of aliphatic hydroxyl groups excluding tert-OH is 1. The van der Waals surface area contributed by atoms with Crippen molar-refractivity contribution in [3.8, 4) is 0 Å². The molecule has 2 aromatic rings. The van der Waals surface area contributed by atoms with Crippen molar-refractivity contribution in [3.05, 3.63) is 51.5 Å². The highest BCUT2D eigenvalue weighted by atomic mass is 32.1. The topological polar surface area (TPSA) is 33.1 Å². The van der Waals surface area contributed by atoms with Crippen molar-refractivity contribution >= 4 is 11.3 Å². The van der Waals surface area contributed by atoms with Gasteiger partial charge in [0.2, 0.25) is 0 Å². The Kier molecular flexibility index (Phi) is 2.54. The molecule has 2 aliphatic rings. The molecular weight excluding hydrogens is 254 g/mol. The minimum atomic E-state index is -0.333. The molecule has 1 aromatic carbocycles. The number of hydrogen-bond acceptors (Lipinski definition) is 3. The van der Waals surface area contributed by atoms with Gasteiger partial charge in [-0.2, -0.15) is 0 Å². The second-order valence-corrected chi connectivity index (χ2v) is 6.77. The van der Waals surface area contributed by atoms with Gasteiger partial charge in [0.15, 0.2) is 0 Å². The summed E-state index contributed by atoms with van der Waals surface area (Å²) < 4.78 is 0. The third-order valence-corrected chi connectivity index (χ3v) is 5.75. The van der Waals surface area contributed by atoms with Crippen molar-refractivity contribution in [1.82, 2.24) is 4.98 Å². The molecule has 0 spiro atoms. The van der Waals surface area contributed by atoms with Gasteiger partial charge in [-0.05, 0) is 37.7 Å². The Morgan fingerprint density at radius 1 is 1.21 bits per heavy atom. The van der Waals surface area contributed by atoms with Crippen LogP contribution in [0.3, 0.4) is 0 Å². The van der Waals surface area contributed by atoms with Gasteiger partial charge in [-0.15, -0.1) is 11.3 Å². The van der Waals surface area contributed by atoms with E-state index < -0.39 is 0 Å². The van der Waals surface area contributed by atoms with Crippen LogP contribution in [0.4, 0.5) is 0 Å². The van der Waals surface area contributed by atoms with Crippen molar-refractivity contribution in [3.63, 3.8) is 0 Å². The molecule has 4 rings (SSSR count). The van der Waals surface area contributed by atoms with Gasteiger partial charge < -0.3 is 5.11 Å². The molecule has 3 heteroatoms. The molecule has 1 unspecified atom stereocenters. The van der Waals surface area contributed by atoms with Gasteiger partial charge in [-0.1, -0.05) is 30.3 Å². The highest BCUT2D eigenvalue weighted by Crippen LogP contribution is 2.55. The van der Waals surface area contributed by atoms with E-state index in [4.69, 9.17) is 4.98 Å². The smallest absolute Gasteiger partial charge is 0.104 e. The van der Waals surface area contributed by atoms with E-state index in [1.165, 1.54) is 28.3 Å². The number of thiazole rings is 1. The lowest BCUT2D eigenvalue weighted by atomic mass is 9.96. The second-order valence-electron chi connectivity index (χ2n) is 5.68. The number of nitrogens with zero attached hydrogens (tertiary/aromatic N) is 1. The van der Waals surface area contributed by atoms with Gasteiger partial charge in [-0.25, -0.2) is 4.98 Å². The molecule has 0 saturated heterocycles. The van der Waals surface area contributed by atoms with Gasteiger partial charge in [0.1, 0.15) is 5.01 Å². The molecular formula is C16H17NOS. The fourth-order valence-corrected chi connectivity index (χ4v) is 4.54. The third-order valence-electron chi connectivity index (χ3n) is 4.41. The van der Waals surface area contributed by atoms with Crippen LogP contribution in [0, 0.1) is 0 Å². The van der Waals surface area contributed by atoms with Crippen LogP contribution in [-0.2, 0) is 11.8 Å². The Bertz CT molecular complexity index is 600. The van der Waals surface area contributed by atoms with Gasteiger partial charge in [-0.3, -0.25) is 0 Å². The van der Waals surface area contributed by atoms with Gasteiger partial charge in [0, 0.05) is 10.3 Å². The number of rotatable bonds is 2. The van der Waals surface area contributed by atoms with E-state index >= 15 is 0 Å². The standard InChI is InChI=1S/C16H17NOS/c18-12-7-4-8-13-14(12)17-15(19-13)16(9-10-16)11-5-2-1-3-6-11/h1-3,5-6,12,18H,4,7-10H2. The fourth-order valence-electron chi connectivity index (χ4n) is 3.11. The fraction of sp³-hybridized carbons (Fsp3) is 0.438. The molecule has 1 atom stereocenters. The number of benzene rings is 1. The lowest BCUT2D eigenvalue weighted by Gasteiger charge is -2.15. The van der Waals surface area contributed by atoms with E-state index in [2.05, 4.69) is 30.3 Å². The summed E-state index contributed by atoms with van der Waals surface area (Å²) in [5.74, 6) is 0. The van der Waals surface area contributed by atoms with Gasteiger partial charge >= 0.3 is 0 Å². The van der Waals surface area contributed by atoms with E-state index in [0.29, 0.717) is 0 Å². The molecule has 98 valence electrons. The van der Waals surface area contributed by atoms with E-state index in [0.717, 1.165) is 25.0 Å². The molecule has 1 saturated carbocycles. The molecule has 1 heterocycles. The highest BCUT2D eigenvalue weighted by molar-refractivity contribution is 7.12. The number of aliphatic hydroxyl groups is 1. The predicted octanol–water partition coefficient (Wildman–Crippen LogP) is 3.59. The van der Waals surface area contributed by atoms with Crippen molar-refractivity contribution in [2.24, 2.45) is 0 Å². The van der Waals surface area contributed by atoms with Crippen LogP contribution < -0.4 is 0 Å². The maximum atomic E-state index is 10.1. The first-order valence-electron chi connectivity index (χ1n) is 7.03. The summed E-state index contributed by atoms with van der Waals surface area (Å²) in [6.45, 7) is 0.